The van der Waals surface area contributed by atoms with Gasteiger partial charge < -0.3 is 5.73 Å². The van der Waals surface area contributed by atoms with Crippen molar-refractivity contribution in [1.29, 1.82) is 0 Å². The molecule has 16 heavy (non-hydrogen) atoms. The Kier molecular flexibility index (Phi) is 4.54. The number of benzene rings is 1. The summed E-state index contributed by atoms with van der Waals surface area (Å²) >= 11 is 5.95. The van der Waals surface area contributed by atoms with Gasteiger partial charge in [0.2, 0.25) is 0 Å². The normalized spacial score (nSPS) is 11.8. The van der Waals surface area contributed by atoms with Crippen LogP contribution in [0.25, 0.3) is 6.08 Å². The minimum atomic E-state index is -0.649. The van der Waals surface area contributed by atoms with Gasteiger partial charge in [0, 0.05) is 12.1 Å². The molecule has 0 saturated carbocycles. The van der Waals surface area contributed by atoms with Gasteiger partial charge in [-0.3, -0.25) is 10.3 Å². The summed E-state index contributed by atoms with van der Waals surface area (Å²) in [7, 11) is 1.56. The van der Waals surface area contributed by atoms with E-state index in [2.05, 4.69) is 10.3 Å². The maximum Gasteiger partial charge on any atom is 0.317 e. The van der Waals surface area contributed by atoms with Crippen LogP contribution in [-0.2, 0) is 0 Å². The third-order valence-electron chi connectivity index (χ3n) is 1.82. The number of nitrogens with one attached hydrogen (secondary N) is 1. The zero-order chi connectivity index (χ0) is 12.0. The summed E-state index contributed by atoms with van der Waals surface area (Å²) < 4.78 is 0. The molecule has 0 bridgehead atoms. The van der Waals surface area contributed by atoms with E-state index in [1.165, 1.54) is 0 Å². The molecule has 0 heterocycles. The number of nitrogens with two attached hydrogens (primary N) is 1. The molecule has 0 radical (unpaired) electrons. The Bertz CT molecular complexity index is 441. The first-order chi connectivity index (χ1) is 7.63. The van der Waals surface area contributed by atoms with Crippen molar-refractivity contribution in [2.45, 2.75) is 0 Å². The number of urea groups is 1. The van der Waals surface area contributed by atoms with E-state index in [9.17, 15) is 4.79 Å². The van der Waals surface area contributed by atoms with Gasteiger partial charge in [0.25, 0.3) is 0 Å². The number of rotatable bonds is 2. The Morgan fingerprint density at radius 2 is 2.19 bits per heavy atom. The van der Waals surface area contributed by atoms with Crippen LogP contribution in [0.5, 0.6) is 0 Å². The molecule has 0 atom stereocenters. The van der Waals surface area contributed by atoms with Gasteiger partial charge in [0.15, 0.2) is 0 Å². The summed E-state index contributed by atoms with van der Waals surface area (Å²) in [5.41, 5.74) is 5.82. The van der Waals surface area contributed by atoms with E-state index < -0.39 is 6.03 Å². The van der Waals surface area contributed by atoms with Gasteiger partial charge >= 0.3 is 6.03 Å². The first-order valence-electron chi connectivity index (χ1n) is 4.59. The monoisotopic (exact) mass is 237 g/mol. The van der Waals surface area contributed by atoms with Crippen LogP contribution in [0.2, 0.25) is 5.02 Å². The second-order valence-corrected chi connectivity index (χ2v) is 3.36. The van der Waals surface area contributed by atoms with Crippen molar-refractivity contribution < 1.29 is 4.79 Å². The molecule has 0 aliphatic rings. The number of carbonyl (C=O) groups is 1. The van der Waals surface area contributed by atoms with E-state index in [1.54, 1.807) is 25.3 Å². The van der Waals surface area contributed by atoms with E-state index in [0.29, 0.717) is 10.9 Å². The smallest absolute Gasteiger partial charge is 0.317 e. The zero-order valence-electron chi connectivity index (χ0n) is 8.77. The third kappa shape index (κ3) is 3.74. The Morgan fingerprint density at radius 3 is 2.75 bits per heavy atom. The molecule has 5 heteroatoms. The van der Waals surface area contributed by atoms with E-state index in [0.717, 1.165) is 5.56 Å². The van der Waals surface area contributed by atoms with Crippen LogP contribution in [0.1, 0.15) is 5.56 Å². The van der Waals surface area contributed by atoms with E-state index in [4.69, 9.17) is 17.3 Å². The molecule has 0 fully saturated rings. The molecule has 0 spiro atoms. The third-order valence-corrected chi connectivity index (χ3v) is 2.16. The van der Waals surface area contributed by atoms with E-state index >= 15 is 0 Å². The molecule has 0 aliphatic heterocycles. The number of amidine groups is 1. The predicted octanol–water partition coefficient (Wildman–Crippen LogP) is 2.05. The second kappa shape index (κ2) is 5.92. The van der Waals surface area contributed by atoms with Gasteiger partial charge in [-0.05, 0) is 23.8 Å². The minimum Gasteiger partial charge on any atom is -0.351 e. The fourth-order valence-electron chi connectivity index (χ4n) is 1.08. The Labute approximate surface area is 98.8 Å². The lowest BCUT2D eigenvalue weighted by atomic mass is 10.2. The molecule has 1 rings (SSSR count). The topological polar surface area (TPSA) is 67.5 Å². The molecule has 1 aromatic carbocycles. The lowest BCUT2D eigenvalue weighted by Crippen LogP contribution is -2.33. The number of halogens is 1. The molecular weight excluding hydrogens is 226 g/mol. The molecule has 84 valence electrons. The van der Waals surface area contributed by atoms with E-state index in [1.807, 2.05) is 18.2 Å². The maximum absolute atomic E-state index is 10.6. The summed E-state index contributed by atoms with van der Waals surface area (Å²) in [5, 5.41) is 3.01. The molecule has 3 N–H and O–H groups in total. The summed E-state index contributed by atoms with van der Waals surface area (Å²) in [6, 6.07) is 6.71. The van der Waals surface area contributed by atoms with Crippen LogP contribution >= 0.6 is 11.6 Å². The number of amides is 2. The van der Waals surface area contributed by atoms with Gasteiger partial charge in [-0.15, -0.1) is 0 Å². The van der Waals surface area contributed by atoms with Crippen LogP contribution in [0.3, 0.4) is 0 Å². The maximum atomic E-state index is 10.6. The fraction of sp³-hybridized carbons (Fsp3) is 0.0909. The Hall–Kier alpha value is -1.81. The van der Waals surface area contributed by atoms with Gasteiger partial charge in [-0.2, -0.15) is 0 Å². The summed E-state index contributed by atoms with van der Waals surface area (Å²) in [4.78, 5) is 14.5. The molecule has 4 nitrogen and oxygen atoms in total. The van der Waals surface area contributed by atoms with Crippen LogP contribution in [-0.4, -0.2) is 18.9 Å². The first kappa shape index (κ1) is 12.3. The van der Waals surface area contributed by atoms with Gasteiger partial charge in [0.1, 0.15) is 5.84 Å². The highest BCUT2D eigenvalue weighted by atomic mass is 35.5. The Balaban J connectivity index is 2.80. The SMILES string of the molecule is CN=C(/C=C/c1ccccc1Cl)NC(N)=O. The molecule has 0 saturated heterocycles. The highest BCUT2D eigenvalue weighted by Gasteiger charge is 1.97. The molecule has 0 aliphatic carbocycles. The number of aliphatic imine (C=N–C) groups is 1. The summed E-state index contributed by atoms with van der Waals surface area (Å²) in [6.45, 7) is 0. The quantitative estimate of drug-likeness (QED) is 0.600. The molecule has 2 amide bonds. The average Bonchev–Trinajstić information content (AvgIpc) is 2.25. The lowest BCUT2D eigenvalue weighted by molar-refractivity contribution is 0.253. The molecule has 1 aromatic rings. The Morgan fingerprint density at radius 1 is 1.50 bits per heavy atom. The van der Waals surface area contributed by atoms with Crippen LogP contribution in [0.15, 0.2) is 35.3 Å². The highest BCUT2D eigenvalue weighted by molar-refractivity contribution is 6.32. The molecule has 0 aromatic heterocycles. The zero-order valence-corrected chi connectivity index (χ0v) is 9.53. The number of hydrogen-bond acceptors (Lipinski definition) is 2. The fourth-order valence-corrected chi connectivity index (χ4v) is 1.28. The predicted molar refractivity (Wildman–Crippen MR) is 66.6 cm³/mol. The van der Waals surface area contributed by atoms with Crippen molar-refractivity contribution in [3.05, 3.63) is 40.9 Å². The van der Waals surface area contributed by atoms with Crippen molar-refractivity contribution in [3.63, 3.8) is 0 Å². The number of nitrogens with zero attached hydrogens (tertiary/aromatic N) is 1. The summed E-state index contributed by atoms with van der Waals surface area (Å²) in [5.74, 6) is 0.382. The average molecular weight is 238 g/mol. The first-order valence-corrected chi connectivity index (χ1v) is 4.97. The summed E-state index contributed by atoms with van der Waals surface area (Å²) in [6.07, 6.45) is 3.38. The second-order valence-electron chi connectivity index (χ2n) is 2.95. The van der Waals surface area contributed by atoms with E-state index in [-0.39, 0.29) is 0 Å². The lowest BCUT2D eigenvalue weighted by Gasteiger charge is -2.00. The number of hydrogen-bond donors (Lipinski definition) is 2. The van der Waals surface area contributed by atoms with Crippen LogP contribution in [0, 0.1) is 0 Å². The van der Waals surface area contributed by atoms with Crippen molar-refractivity contribution >= 4 is 29.5 Å². The van der Waals surface area contributed by atoms with Gasteiger partial charge in [0.05, 0.1) is 0 Å². The van der Waals surface area contributed by atoms with Crippen molar-refractivity contribution in [3.8, 4) is 0 Å². The molecule has 0 unspecified atom stereocenters. The minimum absolute atomic E-state index is 0.382. The van der Waals surface area contributed by atoms with Crippen LogP contribution in [0.4, 0.5) is 4.79 Å². The van der Waals surface area contributed by atoms with Gasteiger partial charge in [-0.1, -0.05) is 29.8 Å². The number of carbonyl (C=O) groups excluding carboxylic acids is 1. The largest absolute Gasteiger partial charge is 0.351 e. The number of primary amides is 1. The van der Waals surface area contributed by atoms with Crippen LogP contribution < -0.4 is 11.1 Å². The molecular formula is C11H12ClN3O. The van der Waals surface area contributed by atoms with Crippen molar-refractivity contribution in [2.75, 3.05) is 7.05 Å². The van der Waals surface area contributed by atoms with Crippen molar-refractivity contribution in [1.82, 2.24) is 5.32 Å². The van der Waals surface area contributed by atoms with Gasteiger partial charge in [-0.25, -0.2) is 4.79 Å². The standard InChI is InChI=1S/C11H12ClN3O/c1-14-10(15-11(13)16)7-6-8-4-2-3-5-9(8)12/h2-7H,1H3,(H3,13,14,15,16)/b7-6+. The highest BCUT2D eigenvalue weighted by Crippen LogP contribution is 2.15. The van der Waals surface area contributed by atoms with Crippen molar-refractivity contribution in [2.24, 2.45) is 10.7 Å².